The van der Waals surface area contributed by atoms with Crippen LogP contribution in [0.2, 0.25) is 15.1 Å². The largest absolute Gasteiger partial charge is 0.446 e. The SMILES string of the molecule is O=S(=O)(O)Oc1c(Cl)cc(-c2ccc(Cl)cc2)cc1Cl. The van der Waals surface area contributed by atoms with Crippen LogP contribution in [0, 0.1) is 0 Å². The van der Waals surface area contributed by atoms with Crippen molar-refractivity contribution in [3.05, 3.63) is 51.5 Å². The zero-order valence-electron chi connectivity index (χ0n) is 9.68. The van der Waals surface area contributed by atoms with Crippen molar-refractivity contribution in [1.82, 2.24) is 0 Å². The Morgan fingerprint density at radius 1 is 0.900 bits per heavy atom. The predicted molar refractivity (Wildman–Crippen MR) is 79.1 cm³/mol. The molecular formula is C12H7Cl3O4S. The summed E-state index contributed by atoms with van der Waals surface area (Å²) in [6, 6.07) is 9.85. The van der Waals surface area contributed by atoms with Gasteiger partial charge >= 0.3 is 10.4 Å². The first-order valence-electron chi connectivity index (χ1n) is 5.18. The van der Waals surface area contributed by atoms with Crippen molar-refractivity contribution in [2.24, 2.45) is 0 Å². The average Bonchev–Trinajstić information content (AvgIpc) is 2.33. The van der Waals surface area contributed by atoms with Crippen molar-refractivity contribution in [2.75, 3.05) is 0 Å². The molecule has 0 amide bonds. The van der Waals surface area contributed by atoms with Gasteiger partial charge in [-0.15, -0.1) is 0 Å². The van der Waals surface area contributed by atoms with E-state index in [-0.39, 0.29) is 15.8 Å². The van der Waals surface area contributed by atoms with Gasteiger partial charge < -0.3 is 4.18 Å². The number of benzene rings is 2. The first-order valence-corrected chi connectivity index (χ1v) is 7.68. The molecule has 0 aliphatic carbocycles. The van der Waals surface area contributed by atoms with Crippen LogP contribution in [0.4, 0.5) is 0 Å². The van der Waals surface area contributed by atoms with Crippen LogP contribution >= 0.6 is 34.8 Å². The van der Waals surface area contributed by atoms with Gasteiger partial charge in [0.1, 0.15) is 0 Å². The second kappa shape index (κ2) is 5.79. The highest BCUT2D eigenvalue weighted by Gasteiger charge is 2.16. The molecule has 2 rings (SSSR count). The summed E-state index contributed by atoms with van der Waals surface area (Å²) in [7, 11) is -4.69. The molecule has 0 bridgehead atoms. The van der Waals surface area contributed by atoms with Crippen LogP contribution in [0.15, 0.2) is 36.4 Å². The Bertz CT molecular complexity index is 719. The number of hydrogen-bond donors (Lipinski definition) is 1. The van der Waals surface area contributed by atoms with Gasteiger partial charge in [-0.25, -0.2) is 0 Å². The third-order valence-corrected chi connectivity index (χ3v) is 3.56. The van der Waals surface area contributed by atoms with E-state index in [1.54, 1.807) is 24.3 Å². The van der Waals surface area contributed by atoms with Gasteiger partial charge in [0.05, 0.1) is 10.0 Å². The van der Waals surface area contributed by atoms with Crippen LogP contribution in [0.5, 0.6) is 5.75 Å². The fourth-order valence-corrected chi connectivity index (χ4v) is 2.73. The molecule has 1 N–H and O–H groups in total. The van der Waals surface area contributed by atoms with Crippen molar-refractivity contribution in [3.8, 4) is 16.9 Å². The highest BCUT2D eigenvalue weighted by atomic mass is 35.5. The second-order valence-corrected chi connectivity index (χ2v) is 6.06. The second-order valence-electron chi connectivity index (χ2n) is 3.79. The van der Waals surface area contributed by atoms with Gasteiger partial charge in [0.25, 0.3) is 0 Å². The number of halogens is 3. The summed E-state index contributed by atoms with van der Waals surface area (Å²) in [4.78, 5) is 0. The molecule has 2 aromatic rings. The minimum Gasteiger partial charge on any atom is -0.359 e. The van der Waals surface area contributed by atoms with E-state index in [1.807, 2.05) is 0 Å². The van der Waals surface area contributed by atoms with Crippen LogP contribution in [0.25, 0.3) is 11.1 Å². The van der Waals surface area contributed by atoms with Gasteiger partial charge in [0, 0.05) is 5.02 Å². The van der Waals surface area contributed by atoms with Crippen molar-refractivity contribution >= 4 is 45.2 Å². The lowest BCUT2D eigenvalue weighted by Crippen LogP contribution is -2.07. The van der Waals surface area contributed by atoms with Gasteiger partial charge in [-0.3, -0.25) is 4.55 Å². The van der Waals surface area contributed by atoms with Crippen molar-refractivity contribution in [3.63, 3.8) is 0 Å². The normalized spacial score (nSPS) is 11.4. The highest BCUT2D eigenvalue weighted by Crippen LogP contribution is 2.38. The minimum atomic E-state index is -4.69. The molecule has 8 heteroatoms. The Balaban J connectivity index is 2.47. The van der Waals surface area contributed by atoms with Crippen LogP contribution in [-0.2, 0) is 10.4 Å². The molecule has 0 heterocycles. The minimum absolute atomic E-state index is 0.0416. The smallest absolute Gasteiger partial charge is 0.359 e. The third kappa shape index (κ3) is 3.77. The molecule has 2 aromatic carbocycles. The molecule has 0 atom stereocenters. The summed E-state index contributed by atoms with van der Waals surface area (Å²) in [6.45, 7) is 0. The van der Waals surface area contributed by atoms with Gasteiger partial charge in [-0.05, 0) is 35.4 Å². The Morgan fingerprint density at radius 2 is 1.40 bits per heavy atom. The van der Waals surface area contributed by atoms with Crippen LogP contribution in [-0.4, -0.2) is 13.0 Å². The molecule has 106 valence electrons. The Kier molecular flexibility index (Phi) is 4.46. The van der Waals surface area contributed by atoms with Gasteiger partial charge in [0.15, 0.2) is 5.75 Å². The lowest BCUT2D eigenvalue weighted by Gasteiger charge is -2.09. The summed E-state index contributed by atoms with van der Waals surface area (Å²) in [6.07, 6.45) is 0. The molecule has 0 aromatic heterocycles. The molecule has 0 saturated carbocycles. The Morgan fingerprint density at radius 3 is 1.85 bits per heavy atom. The Hall–Kier alpha value is -0.980. The van der Waals surface area contributed by atoms with E-state index in [2.05, 4.69) is 4.18 Å². The summed E-state index contributed by atoms with van der Waals surface area (Å²) in [5.41, 5.74) is 1.44. The summed E-state index contributed by atoms with van der Waals surface area (Å²) in [5, 5.41) is 0.498. The van der Waals surface area contributed by atoms with E-state index in [4.69, 9.17) is 39.4 Å². The fourth-order valence-electron chi connectivity index (χ4n) is 1.55. The summed E-state index contributed by atoms with van der Waals surface area (Å²) >= 11 is 17.6. The zero-order chi connectivity index (χ0) is 14.9. The maximum absolute atomic E-state index is 10.7. The third-order valence-electron chi connectivity index (χ3n) is 2.36. The first-order chi connectivity index (χ1) is 9.26. The van der Waals surface area contributed by atoms with E-state index < -0.39 is 10.4 Å². The monoisotopic (exact) mass is 352 g/mol. The maximum Gasteiger partial charge on any atom is 0.446 e. The van der Waals surface area contributed by atoms with E-state index >= 15 is 0 Å². The molecular weight excluding hydrogens is 347 g/mol. The van der Waals surface area contributed by atoms with Gasteiger partial charge in [-0.1, -0.05) is 46.9 Å². The first kappa shape index (κ1) is 15.4. The molecule has 0 saturated heterocycles. The average molecular weight is 354 g/mol. The quantitative estimate of drug-likeness (QED) is 0.825. The summed E-state index contributed by atoms with van der Waals surface area (Å²) in [5.74, 6) is -0.325. The number of rotatable bonds is 3. The van der Waals surface area contributed by atoms with E-state index in [9.17, 15) is 8.42 Å². The van der Waals surface area contributed by atoms with Crippen molar-refractivity contribution in [2.45, 2.75) is 0 Å². The lowest BCUT2D eigenvalue weighted by atomic mass is 10.1. The van der Waals surface area contributed by atoms with E-state index in [0.717, 1.165) is 5.56 Å². The lowest BCUT2D eigenvalue weighted by molar-refractivity contribution is 0.387. The Labute approximate surface area is 130 Å². The summed E-state index contributed by atoms with van der Waals surface area (Å²) < 4.78 is 34.4. The van der Waals surface area contributed by atoms with Crippen LogP contribution in [0.1, 0.15) is 0 Å². The highest BCUT2D eigenvalue weighted by molar-refractivity contribution is 7.81. The van der Waals surface area contributed by atoms with Gasteiger partial charge in [-0.2, -0.15) is 8.42 Å². The molecule has 0 spiro atoms. The van der Waals surface area contributed by atoms with E-state index in [0.29, 0.717) is 10.6 Å². The topological polar surface area (TPSA) is 63.6 Å². The molecule has 4 nitrogen and oxygen atoms in total. The van der Waals surface area contributed by atoms with Crippen LogP contribution < -0.4 is 4.18 Å². The number of hydrogen-bond acceptors (Lipinski definition) is 3. The van der Waals surface area contributed by atoms with Gasteiger partial charge in [0.2, 0.25) is 0 Å². The zero-order valence-corrected chi connectivity index (χ0v) is 12.8. The molecule has 0 radical (unpaired) electrons. The van der Waals surface area contributed by atoms with Crippen molar-refractivity contribution < 1.29 is 17.2 Å². The van der Waals surface area contributed by atoms with Crippen LogP contribution in [0.3, 0.4) is 0 Å². The molecule has 20 heavy (non-hydrogen) atoms. The molecule has 0 aliphatic rings. The van der Waals surface area contributed by atoms with Crippen molar-refractivity contribution in [1.29, 1.82) is 0 Å². The molecule has 0 fully saturated rings. The van der Waals surface area contributed by atoms with E-state index in [1.165, 1.54) is 12.1 Å². The standard InChI is InChI=1S/C12H7Cl3O4S/c13-9-3-1-7(2-4-9)8-5-10(14)12(11(15)6-8)19-20(16,17)18/h1-6H,(H,16,17,18). The molecule has 0 unspecified atom stereocenters. The predicted octanol–water partition coefficient (Wildman–Crippen LogP) is 4.50. The maximum atomic E-state index is 10.7. The molecule has 0 aliphatic heterocycles. The fraction of sp³-hybridized carbons (Fsp3) is 0.